The lowest BCUT2D eigenvalue weighted by Gasteiger charge is -2.04. The molecule has 118 valence electrons. The van der Waals surface area contributed by atoms with Gasteiger partial charge in [0.2, 0.25) is 0 Å². The first-order valence-electron chi connectivity index (χ1n) is 8.00. The molecule has 4 N–H and O–H groups in total. The van der Waals surface area contributed by atoms with Crippen molar-refractivity contribution in [2.75, 3.05) is 52.4 Å². The molecule has 0 bridgehead atoms. The van der Waals surface area contributed by atoms with Gasteiger partial charge < -0.3 is 21.3 Å². The van der Waals surface area contributed by atoms with Crippen LogP contribution >= 0.6 is 0 Å². The summed E-state index contributed by atoms with van der Waals surface area (Å²) < 4.78 is 0. The smallest absolute Gasteiger partial charge is 0.0135 e. The van der Waals surface area contributed by atoms with Gasteiger partial charge in [0, 0.05) is 19.6 Å². The lowest BCUT2D eigenvalue weighted by atomic mass is 10.4. The first-order valence-corrected chi connectivity index (χ1v) is 8.00. The van der Waals surface area contributed by atoms with Crippen LogP contribution in [-0.4, -0.2) is 52.4 Å². The van der Waals surface area contributed by atoms with Crippen molar-refractivity contribution >= 4 is 0 Å². The summed E-state index contributed by atoms with van der Waals surface area (Å²) in [7, 11) is 0. The van der Waals surface area contributed by atoms with Gasteiger partial charge in [0.15, 0.2) is 0 Å². The quantitative estimate of drug-likeness (QED) is 0.254. The zero-order chi connectivity index (χ0) is 14.7. The molecule has 0 spiro atoms. The molecule has 0 heterocycles. The Hall–Kier alpha value is -0.680. The molecule has 0 radical (unpaired) electrons. The molecule has 0 aliphatic rings. The summed E-state index contributed by atoms with van der Waals surface area (Å²) in [5, 5.41) is 13.5. The summed E-state index contributed by atoms with van der Waals surface area (Å²) >= 11 is 0. The van der Waals surface area contributed by atoms with Gasteiger partial charge in [-0.25, -0.2) is 0 Å². The highest BCUT2D eigenvalue weighted by Gasteiger charge is 1.87. The Morgan fingerprint density at radius 2 is 1.20 bits per heavy atom. The maximum atomic E-state index is 3.67. The minimum Gasteiger partial charge on any atom is -0.317 e. The van der Waals surface area contributed by atoms with Crippen LogP contribution in [0.2, 0.25) is 0 Å². The number of rotatable bonds is 16. The van der Waals surface area contributed by atoms with E-state index >= 15 is 0 Å². The lowest BCUT2D eigenvalue weighted by Crippen LogP contribution is -2.23. The van der Waals surface area contributed by atoms with E-state index in [1.807, 2.05) is 6.08 Å². The number of hydrogen-bond acceptors (Lipinski definition) is 4. The monoisotopic (exact) mass is 282 g/mol. The Morgan fingerprint density at radius 1 is 0.700 bits per heavy atom. The van der Waals surface area contributed by atoms with Crippen LogP contribution < -0.4 is 21.3 Å². The minimum atomic E-state index is 0.902. The van der Waals surface area contributed by atoms with E-state index in [0.717, 1.165) is 58.8 Å². The highest BCUT2D eigenvalue weighted by atomic mass is 14.9. The first-order chi connectivity index (χ1) is 9.91. The average molecular weight is 282 g/mol. The van der Waals surface area contributed by atoms with Crippen molar-refractivity contribution in [1.82, 2.24) is 21.3 Å². The molecule has 0 saturated carbocycles. The van der Waals surface area contributed by atoms with Crippen LogP contribution in [0.25, 0.3) is 0 Å². The van der Waals surface area contributed by atoms with Crippen LogP contribution in [0.5, 0.6) is 0 Å². The molecule has 0 fully saturated rings. The van der Waals surface area contributed by atoms with Gasteiger partial charge in [0.1, 0.15) is 0 Å². The van der Waals surface area contributed by atoms with E-state index < -0.39 is 0 Å². The van der Waals surface area contributed by atoms with Crippen molar-refractivity contribution in [2.24, 2.45) is 0 Å². The van der Waals surface area contributed by atoms with E-state index in [0.29, 0.717) is 0 Å². The third-order valence-electron chi connectivity index (χ3n) is 2.82. The highest BCUT2D eigenvalue weighted by molar-refractivity contribution is 4.85. The highest BCUT2D eigenvalue weighted by Crippen LogP contribution is 1.77. The molecule has 0 rings (SSSR count). The molecule has 0 aromatic rings. The number of nitrogens with one attached hydrogen (secondary N) is 4. The fraction of sp³-hybridized carbons (Fsp3) is 0.750. The van der Waals surface area contributed by atoms with E-state index in [4.69, 9.17) is 0 Å². The Kier molecular flexibility index (Phi) is 17.7. The van der Waals surface area contributed by atoms with Crippen LogP contribution in [0, 0.1) is 0 Å². The predicted octanol–water partition coefficient (Wildman–Crippen LogP) is 1.28. The normalized spacial score (nSPS) is 11.2. The Balaban J connectivity index is 3.03. The van der Waals surface area contributed by atoms with Gasteiger partial charge in [-0.15, -0.1) is 6.58 Å². The van der Waals surface area contributed by atoms with Crippen molar-refractivity contribution in [2.45, 2.75) is 26.2 Å². The van der Waals surface area contributed by atoms with Crippen LogP contribution in [0.4, 0.5) is 0 Å². The van der Waals surface area contributed by atoms with Gasteiger partial charge in [0.25, 0.3) is 0 Å². The summed E-state index contributed by atoms with van der Waals surface area (Å²) in [6.45, 7) is 14.1. The second kappa shape index (κ2) is 18.3. The molecule has 0 aromatic heterocycles. The van der Waals surface area contributed by atoms with Crippen LogP contribution in [0.3, 0.4) is 0 Å². The molecule has 0 saturated heterocycles. The topological polar surface area (TPSA) is 48.1 Å². The first kappa shape index (κ1) is 19.3. The standard InChI is InChI=1S/C16H34N4/c1-3-9-17-13-7-15-19-11-5-6-12-20-16-8-14-18-10-4-2/h3,5-6,17-20H,1,4,7-16H2,2H3/b6-5+. The summed E-state index contributed by atoms with van der Waals surface area (Å²) in [5.74, 6) is 0. The van der Waals surface area contributed by atoms with Crippen LogP contribution in [0.1, 0.15) is 26.2 Å². The fourth-order valence-electron chi connectivity index (χ4n) is 1.72. The molecule has 0 aromatic carbocycles. The largest absolute Gasteiger partial charge is 0.317 e. The van der Waals surface area contributed by atoms with Gasteiger partial charge in [-0.05, 0) is 52.0 Å². The zero-order valence-electron chi connectivity index (χ0n) is 13.2. The van der Waals surface area contributed by atoms with E-state index in [9.17, 15) is 0 Å². The van der Waals surface area contributed by atoms with Crippen molar-refractivity contribution in [3.8, 4) is 0 Å². The fourth-order valence-corrected chi connectivity index (χ4v) is 1.72. The molecule has 20 heavy (non-hydrogen) atoms. The van der Waals surface area contributed by atoms with Gasteiger partial charge in [-0.2, -0.15) is 0 Å². The maximum absolute atomic E-state index is 3.67. The summed E-state index contributed by atoms with van der Waals surface area (Å²) in [5.41, 5.74) is 0. The van der Waals surface area contributed by atoms with Gasteiger partial charge in [-0.3, -0.25) is 0 Å². The van der Waals surface area contributed by atoms with E-state index in [1.54, 1.807) is 0 Å². The average Bonchev–Trinajstić information content (AvgIpc) is 2.47. The molecule has 4 heteroatoms. The maximum Gasteiger partial charge on any atom is 0.0135 e. The van der Waals surface area contributed by atoms with Crippen molar-refractivity contribution in [3.63, 3.8) is 0 Å². The molecule has 0 aliphatic carbocycles. The summed E-state index contributed by atoms with van der Waals surface area (Å²) in [6, 6.07) is 0. The third kappa shape index (κ3) is 17.3. The molecule has 0 unspecified atom stereocenters. The van der Waals surface area contributed by atoms with Crippen LogP contribution in [0.15, 0.2) is 24.8 Å². The minimum absolute atomic E-state index is 0.902. The second-order valence-corrected chi connectivity index (χ2v) is 4.83. The Morgan fingerprint density at radius 3 is 1.70 bits per heavy atom. The van der Waals surface area contributed by atoms with Gasteiger partial charge in [-0.1, -0.05) is 25.2 Å². The van der Waals surface area contributed by atoms with E-state index in [1.165, 1.54) is 12.8 Å². The van der Waals surface area contributed by atoms with Crippen molar-refractivity contribution < 1.29 is 0 Å². The van der Waals surface area contributed by atoms with E-state index in [-0.39, 0.29) is 0 Å². The second-order valence-electron chi connectivity index (χ2n) is 4.83. The van der Waals surface area contributed by atoms with Crippen LogP contribution in [-0.2, 0) is 0 Å². The van der Waals surface area contributed by atoms with E-state index in [2.05, 4.69) is 46.9 Å². The molecular formula is C16H34N4. The van der Waals surface area contributed by atoms with Gasteiger partial charge >= 0.3 is 0 Å². The SMILES string of the molecule is C=CCNCCCNC/C=C/CNCCCNCCC. The third-order valence-corrected chi connectivity index (χ3v) is 2.82. The molecule has 0 atom stereocenters. The summed E-state index contributed by atoms with van der Waals surface area (Å²) in [4.78, 5) is 0. The van der Waals surface area contributed by atoms with Crippen molar-refractivity contribution in [3.05, 3.63) is 24.8 Å². The van der Waals surface area contributed by atoms with Crippen molar-refractivity contribution in [1.29, 1.82) is 0 Å². The lowest BCUT2D eigenvalue weighted by molar-refractivity contribution is 0.608. The predicted molar refractivity (Wildman–Crippen MR) is 90.3 cm³/mol. The molecule has 0 aliphatic heterocycles. The number of hydrogen-bond donors (Lipinski definition) is 4. The molecule has 4 nitrogen and oxygen atoms in total. The van der Waals surface area contributed by atoms with Gasteiger partial charge in [0.05, 0.1) is 0 Å². The zero-order valence-corrected chi connectivity index (χ0v) is 13.2. The molecular weight excluding hydrogens is 248 g/mol. The Labute approximate surface area is 125 Å². The Bertz CT molecular complexity index is 217. The molecule has 0 amide bonds. The summed E-state index contributed by atoms with van der Waals surface area (Å²) in [6.07, 6.45) is 9.85.